The molecule has 1 unspecified atom stereocenters. The van der Waals surface area contributed by atoms with Crippen LogP contribution in [0.5, 0.6) is 5.75 Å². The molecule has 0 fully saturated rings. The molecular weight excluding hydrogens is 248 g/mol. The molecule has 2 rings (SSSR count). The van der Waals surface area contributed by atoms with Crippen molar-refractivity contribution in [3.8, 4) is 5.75 Å². The summed E-state index contributed by atoms with van der Waals surface area (Å²) < 4.78 is 0. The van der Waals surface area contributed by atoms with Crippen LogP contribution in [0, 0.1) is 24.7 Å². The van der Waals surface area contributed by atoms with E-state index in [-0.39, 0.29) is 5.75 Å². The maximum atomic E-state index is 9.57. The number of phenols is 1. The van der Waals surface area contributed by atoms with Crippen LogP contribution >= 0.6 is 0 Å². The van der Waals surface area contributed by atoms with Gasteiger partial charge in [-0.3, -0.25) is 0 Å². The fourth-order valence-corrected chi connectivity index (χ4v) is 2.13. The quantitative estimate of drug-likeness (QED) is 0.724. The monoisotopic (exact) mass is 266 g/mol. The first-order valence-electron chi connectivity index (χ1n) is 6.48. The number of hydrogen-bond donors (Lipinski definition) is 3. The predicted octanol–water partition coefficient (Wildman–Crippen LogP) is 3.81. The summed E-state index contributed by atoms with van der Waals surface area (Å²) in [7, 11) is 0. The van der Waals surface area contributed by atoms with E-state index in [0.29, 0.717) is 5.71 Å². The molecule has 3 N–H and O–H groups in total. The third kappa shape index (κ3) is 2.77. The van der Waals surface area contributed by atoms with Gasteiger partial charge in [-0.2, -0.15) is 0 Å². The van der Waals surface area contributed by atoms with Crippen molar-refractivity contribution in [3.63, 3.8) is 0 Å². The zero-order valence-electron chi connectivity index (χ0n) is 11.6. The van der Waals surface area contributed by atoms with Crippen molar-refractivity contribution in [2.75, 3.05) is 0 Å². The van der Waals surface area contributed by atoms with Crippen molar-refractivity contribution in [3.05, 3.63) is 64.7 Å². The van der Waals surface area contributed by atoms with Gasteiger partial charge in [-0.05, 0) is 36.6 Å². The van der Waals surface area contributed by atoms with Gasteiger partial charge in [0.2, 0.25) is 0 Å². The van der Waals surface area contributed by atoms with E-state index in [2.05, 4.69) is 0 Å². The summed E-state index contributed by atoms with van der Waals surface area (Å²) in [4.78, 5) is 0. The Labute approximate surface area is 118 Å². The highest BCUT2D eigenvalue weighted by atomic mass is 16.3. The van der Waals surface area contributed by atoms with Crippen LogP contribution in [-0.2, 0) is 0 Å². The number of nitrogens with one attached hydrogen (secondary N) is 2. The molecule has 2 aromatic rings. The van der Waals surface area contributed by atoms with Crippen LogP contribution in [0.3, 0.4) is 0 Å². The predicted molar refractivity (Wildman–Crippen MR) is 82.4 cm³/mol. The van der Waals surface area contributed by atoms with E-state index in [9.17, 15) is 5.11 Å². The Bertz CT molecular complexity index is 645. The number of hydrogen-bond acceptors (Lipinski definition) is 3. The minimum Gasteiger partial charge on any atom is -0.508 e. The van der Waals surface area contributed by atoms with Crippen molar-refractivity contribution in [2.45, 2.75) is 19.8 Å². The van der Waals surface area contributed by atoms with Gasteiger partial charge in [0.25, 0.3) is 0 Å². The van der Waals surface area contributed by atoms with Gasteiger partial charge >= 0.3 is 0 Å². The van der Waals surface area contributed by atoms with E-state index < -0.39 is 5.92 Å². The summed E-state index contributed by atoms with van der Waals surface area (Å²) in [5, 5.41) is 25.5. The lowest BCUT2D eigenvalue weighted by Gasteiger charge is -2.15. The first-order valence-corrected chi connectivity index (χ1v) is 6.48. The normalized spacial score (nSPS) is 11.9. The van der Waals surface area contributed by atoms with Crippen LogP contribution < -0.4 is 0 Å². The third-order valence-electron chi connectivity index (χ3n) is 3.42. The summed E-state index contributed by atoms with van der Waals surface area (Å²) in [5.41, 5.74) is 3.96. The van der Waals surface area contributed by atoms with Gasteiger partial charge < -0.3 is 15.9 Å². The fourth-order valence-electron chi connectivity index (χ4n) is 2.13. The van der Waals surface area contributed by atoms with Gasteiger partial charge in [0, 0.05) is 6.21 Å². The Balaban J connectivity index is 2.36. The molecule has 20 heavy (non-hydrogen) atoms. The third-order valence-corrected chi connectivity index (χ3v) is 3.42. The molecule has 0 aliphatic heterocycles. The summed E-state index contributed by atoms with van der Waals surface area (Å²) in [6.07, 6.45) is 1.27. The standard InChI is InChI=1S/C17H18N2O/c1-11-3-5-13(6-4-11)17(19)15(10-18)14-7-8-16(20)12(2)9-14/h3-10,15,18-20H,1-2H3. The molecule has 0 aliphatic rings. The molecule has 0 radical (unpaired) electrons. The second-order valence-electron chi connectivity index (χ2n) is 4.97. The number of aromatic hydroxyl groups is 1. The molecular formula is C17H18N2O. The molecule has 0 aliphatic carbocycles. The Morgan fingerprint density at radius 1 is 1.10 bits per heavy atom. The summed E-state index contributed by atoms with van der Waals surface area (Å²) in [6.45, 7) is 3.82. The van der Waals surface area contributed by atoms with Crippen LogP contribution in [0.15, 0.2) is 42.5 Å². The van der Waals surface area contributed by atoms with Crippen LogP contribution in [0.25, 0.3) is 0 Å². The smallest absolute Gasteiger partial charge is 0.118 e. The van der Waals surface area contributed by atoms with Crippen LogP contribution in [0.1, 0.15) is 28.2 Å². The van der Waals surface area contributed by atoms with E-state index in [4.69, 9.17) is 10.8 Å². The largest absolute Gasteiger partial charge is 0.508 e. The lowest BCUT2D eigenvalue weighted by Crippen LogP contribution is -2.14. The van der Waals surface area contributed by atoms with E-state index >= 15 is 0 Å². The lowest BCUT2D eigenvalue weighted by atomic mass is 9.89. The average Bonchev–Trinajstić information content (AvgIpc) is 2.44. The van der Waals surface area contributed by atoms with Crippen molar-refractivity contribution < 1.29 is 5.11 Å². The molecule has 0 spiro atoms. The first-order chi connectivity index (χ1) is 9.52. The first kappa shape index (κ1) is 14.0. The number of aryl methyl sites for hydroxylation is 2. The van der Waals surface area contributed by atoms with Crippen molar-refractivity contribution in [2.24, 2.45) is 0 Å². The molecule has 102 valence electrons. The number of rotatable bonds is 4. The molecule has 0 heterocycles. The fraction of sp³-hybridized carbons (Fsp3) is 0.176. The zero-order valence-corrected chi connectivity index (χ0v) is 11.6. The zero-order chi connectivity index (χ0) is 14.7. The Kier molecular flexibility index (Phi) is 3.99. The Morgan fingerprint density at radius 2 is 1.75 bits per heavy atom. The van der Waals surface area contributed by atoms with Gasteiger partial charge in [-0.25, -0.2) is 0 Å². The Hall–Kier alpha value is -2.42. The topological polar surface area (TPSA) is 67.9 Å². The van der Waals surface area contributed by atoms with Gasteiger partial charge in [0.1, 0.15) is 5.75 Å². The average molecular weight is 266 g/mol. The molecule has 0 amide bonds. The van der Waals surface area contributed by atoms with Gasteiger partial charge in [0.05, 0.1) is 11.6 Å². The van der Waals surface area contributed by atoms with Crippen LogP contribution in [0.4, 0.5) is 0 Å². The molecule has 0 saturated carbocycles. The summed E-state index contributed by atoms with van der Waals surface area (Å²) >= 11 is 0. The maximum absolute atomic E-state index is 9.57. The van der Waals surface area contributed by atoms with E-state index in [1.807, 2.05) is 44.2 Å². The minimum absolute atomic E-state index is 0.236. The molecule has 2 aromatic carbocycles. The summed E-state index contributed by atoms with van der Waals surface area (Å²) in [5.74, 6) is -0.156. The highest BCUT2D eigenvalue weighted by Gasteiger charge is 2.17. The van der Waals surface area contributed by atoms with Crippen LogP contribution in [-0.4, -0.2) is 17.0 Å². The van der Waals surface area contributed by atoms with Gasteiger partial charge in [0.15, 0.2) is 0 Å². The molecule has 0 bridgehead atoms. The van der Waals surface area contributed by atoms with Crippen molar-refractivity contribution in [1.29, 1.82) is 10.8 Å². The highest BCUT2D eigenvalue weighted by molar-refractivity contribution is 6.11. The second-order valence-corrected chi connectivity index (χ2v) is 4.97. The molecule has 0 saturated heterocycles. The molecule has 3 heteroatoms. The molecule has 0 aromatic heterocycles. The van der Waals surface area contributed by atoms with E-state index in [0.717, 1.165) is 22.3 Å². The van der Waals surface area contributed by atoms with Crippen molar-refractivity contribution in [1.82, 2.24) is 0 Å². The minimum atomic E-state index is -0.392. The highest BCUT2D eigenvalue weighted by Crippen LogP contribution is 2.24. The van der Waals surface area contributed by atoms with E-state index in [1.54, 1.807) is 12.1 Å². The second kappa shape index (κ2) is 5.70. The molecule has 1 atom stereocenters. The number of phenolic OH excluding ortho intramolecular Hbond substituents is 1. The van der Waals surface area contributed by atoms with E-state index in [1.165, 1.54) is 6.21 Å². The van der Waals surface area contributed by atoms with Gasteiger partial charge in [-0.1, -0.05) is 42.0 Å². The summed E-state index contributed by atoms with van der Waals surface area (Å²) in [6, 6.07) is 12.9. The SMILES string of the molecule is Cc1ccc(C(=N)C(C=N)c2ccc(O)c(C)c2)cc1. The molecule has 3 nitrogen and oxygen atoms in total. The van der Waals surface area contributed by atoms with Gasteiger partial charge in [-0.15, -0.1) is 0 Å². The Morgan fingerprint density at radius 3 is 2.30 bits per heavy atom. The van der Waals surface area contributed by atoms with Crippen molar-refractivity contribution >= 4 is 11.9 Å². The number of benzene rings is 2. The lowest BCUT2D eigenvalue weighted by molar-refractivity contribution is 0.471. The van der Waals surface area contributed by atoms with Crippen LogP contribution in [0.2, 0.25) is 0 Å². The maximum Gasteiger partial charge on any atom is 0.118 e.